The minimum atomic E-state index is -0.774. The van der Waals surface area contributed by atoms with E-state index in [9.17, 15) is 0 Å². The van der Waals surface area contributed by atoms with Crippen molar-refractivity contribution in [2.45, 2.75) is 12.1 Å². The lowest BCUT2D eigenvalue weighted by atomic mass is 9.93. The van der Waals surface area contributed by atoms with Crippen LogP contribution in [-0.4, -0.2) is 23.4 Å². The first-order chi connectivity index (χ1) is 9.70. The molecular formula is C16H18ClN2P. The average molecular weight is 305 g/mol. The Labute approximate surface area is 126 Å². The van der Waals surface area contributed by atoms with Gasteiger partial charge in [-0.25, -0.2) is 0 Å². The van der Waals surface area contributed by atoms with E-state index >= 15 is 0 Å². The molecule has 0 bridgehead atoms. The normalized spacial score (nSPS) is 25.1. The highest BCUT2D eigenvalue weighted by atomic mass is 35.7. The van der Waals surface area contributed by atoms with Crippen LogP contribution < -0.4 is 0 Å². The maximum Gasteiger partial charge on any atom is 0.141 e. The average Bonchev–Trinajstić information content (AvgIpc) is 2.73. The second-order valence-electron chi connectivity index (χ2n) is 5.10. The van der Waals surface area contributed by atoms with Crippen molar-refractivity contribution in [3.8, 4) is 0 Å². The molecule has 20 heavy (non-hydrogen) atoms. The van der Waals surface area contributed by atoms with Crippen LogP contribution in [0.1, 0.15) is 23.2 Å². The monoisotopic (exact) mass is 304 g/mol. The van der Waals surface area contributed by atoms with Crippen molar-refractivity contribution in [3.63, 3.8) is 0 Å². The smallest absolute Gasteiger partial charge is 0.141 e. The fourth-order valence-electron chi connectivity index (χ4n) is 2.93. The third-order valence-electron chi connectivity index (χ3n) is 3.91. The standard InChI is InChI=1S/C16H18ClN2P/c1-18-15(13-9-5-3-6-10-13)16(19(2)20(18)17)14-11-7-4-8-12-14/h3-12,15-16H,1-2H3/t15-,16-/m0/s1. The van der Waals surface area contributed by atoms with Gasteiger partial charge in [-0.05, 0) is 25.2 Å². The van der Waals surface area contributed by atoms with Crippen LogP contribution in [0.2, 0.25) is 0 Å². The molecule has 0 N–H and O–H groups in total. The van der Waals surface area contributed by atoms with E-state index in [1.54, 1.807) is 0 Å². The van der Waals surface area contributed by atoms with Crippen LogP contribution in [0.4, 0.5) is 0 Å². The highest BCUT2D eigenvalue weighted by Crippen LogP contribution is 2.64. The van der Waals surface area contributed by atoms with Gasteiger partial charge in [0.15, 0.2) is 0 Å². The zero-order valence-corrected chi connectivity index (χ0v) is 13.3. The molecule has 1 saturated heterocycles. The second kappa shape index (κ2) is 5.83. The first-order valence-corrected chi connectivity index (χ1v) is 8.86. The molecule has 0 spiro atoms. The lowest BCUT2D eigenvalue weighted by Gasteiger charge is -2.26. The van der Waals surface area contributed by atoms with Crippen LogP contribution in [0.25, 0.3) is 0 Å². The minimum absolute atomic E-state index is 0.298. The third kappa shape index (κ3) is 2.38. The maximum atomic E-state index is 6.62. The Kier molecular flexibility index (Phi) is 4.09. The molecule has 1 heterocycles. The Bertz CT molecular complexity index is 512. The molecule has 0 unspecified atom stereocenters. The summed E-state index contributed by atoms with van der Waals surface area (Å²) in [5, 5.41) is 0. The molecule has 2 aromatic carbocycles. The van der Waals surface area contributed by atoms with Gasteiger partial charge in [0, 0.05) is 0 Å². The van der Waals surface area contributed by atoms with E-state index in [0.717, 1.165) is 0 Å². The molecule has 1 fully saturated rings. The predicted octanol–water partition coefficient (Wildman–Crippen LogP) is 4.81. The Morgan fingerprint density at radius 1 is 0.750 bits per heavy atom. The number of hydrogen-bond donors (Lipinski definition) is 0. The Morgan fingerprint density at radius 3 is 1.45 bits per heavy atom. The van der Waals surface area contributed by atoms with Gasteiger partial charge in [0.05, 0.1) is 12.1 Å². The van der Waals surface area contributed by atoms with E-state index in [-0.39, 0.29) is 0 Å². The highest BCUT2D eigenvalue weighted by molar-refractivity contribution is 7.80. The molecular weight excluding hydrogens is 287 g/mol. The van der Waals surface area contributed by atoms with Gasteiger partial charge in [0.1, 0.15) is 7.58 Å². The fraction of sp³-hybridized carbons (Fsp3) is 0.250. The van der Waals surface area contributed by atoms with Crippen LogP contribution in [0, 0.1) is 0 Å². The van der Waals surface area contributed by atoms with Crippen molar-refractivity contribution in [1.82, 2.24) is 9.34 Å². The van der Waals surface area contributed by atoms with E-state index in [1.165, 1.54) is 11.1 Å². The Balaban J connectivity index is 2.05. The van der Waals surface area contributed by atoms with Gasteiger partial charge in [0.25, 0.3) is 0 Å². The highest BCUT2D eigenvalue weighted by Gasteiger charge is 2.44. The molecule has 2 atom stereocenters. The largest absolute Gasteiger partial charge is 0.251 e. The van der Waals surface area contributed by atoms with Gasteiger partial charge in [-0.2, -0.15) is 0 Å². The first-order valence-electron chi connectivity index (χ1n) is 6.71. The quantitative estimate of drug-likeness (QED) is 0.735. The molecule has 3 rings (SSSR count). The van der Waals surface area contributed by atoms with Gasteiger partial charge < -0.3 is 0 Å². The number of halogens is 1. The molecule has 2 aromatic rings. The molecule has 1 aliphatic heterocycles. The van der Waals surface area contributed by atoms with Crippen molar-refractivity contribution in [2.24, 2.45) is 0 Å². The lowest BCUT2D eigenvalue weighted by Crippen LogP contribution is -2.20. The van der Waals surface area contributed by atoms with Crippen molar-refractivity contribution < 1.29 is 0 Å². The lowest BCUT2D eigenvalue weighted by molar-refractivity contribution is 0.316. The number of hydrogen-bond acceptors (Lipinski definition) is 2. The van der Waals surface area contributed by atoms with Gasteiger partial charge in [-0.3, -0.25) is 9.34 Å². The van der Waals surface area contributed by atoms with Crippen molar-refractivity contribution in [2.75, 3.05) is 14.1 Å². The summed E-state index contributed by atoms with van der Waals surface area (Å²) in [5.41, 5.74) is 2.64. The predicted molar refractivity (Wildman–Crippen MR) is 86.7 cm³/mol. The van der Waals surface area contributed by atoms with Crippen LogP contribution in [-0.2, 0) is 0 Å². The van der Waals surface area contributed by atoms with Crippen molar-refractivity contribution in [3.05, 3.63) is 71.8 Å². The maximum absolute atomic E-state index is 6.62. The summed E-state index contributed by atoms with van der Waals surface area (Å²) in [6, 6.07) is 21.9. The van der Waals surface area contributed by atoms with Crippen molar-refractivity contribution in [1.29, 1.82) is 0 Å². The van der Waals surface area contributed by atoms with Crippen LogP contribution >= 0.6 is 18.8 Å². The van der Waals surface area contributed by atoms with Gasteiger partial charge in [-0.15, -0.1) is 0 Å². The summed E-state index contributed by atoms with van der Waals surface area (Å²) in [5.74, 6) is 0. The molecule has 104 valence electrons. The van der Waals surface area contributed by atoms with E-state index < -0.39 is 7.58 Å². The van der Waals surface area contributed by atoms with Crippen LogP contribution in [0.3, 0.4) is 0 Å². The zero-order valence-electron chi connectivity index (χ0n) is 11.6. The molecule has 0 saturated carbocycles. The second-order valence-corrected chi connectivity index (χ2v) is 7.75. The molecule has 0 radical (unpaired) electrons. The molecule has 0 aliphatic carbocycles. The van der Waals surface area contributed by atoms with Crippen molar-refractivity contribution >= 4 is 18.8 Å². The van der Waals surface area contributed by atoms with Crippen LogP contribution in [0.15, 0.2) is 60.7 Å². The topological polar surface area (TPSA) is 6.48 Å². The summed E-state index contributed by atoms with van der Waals surface area (Å²) in [6.45, 7) is 0. The van der Waals surface area contributed by atoms with Gasteiger partial charge in [0.2, 0.25) is 0 Å². The number of likely N-dealkylation sites (N-methyl/N-ethyl adjacent to an activating group) is 2. The number of nitrogens with zero attached hydrogens (tertiary/aromatic N) is 2. The molecule has 0 amide bonds. The summed E-state index contributed by atoms with van der Waals surface area (Å²) in [6.07, 6.45) is 0. The van der Waals surface area contributed by atoms with Crippen LogP contribution in [0.5, 0.6) is 0 Å². The summed E-state index contributed by atoms with van der Waals surface area (Å²) in [7, 11) is 3.47. The summed E-state index contributed by atoms with van der Waals surface area (Å²) in [4.78, 5) is 0. The van der Waals surface area contributed by atoms with E-state index in [0.29, 0.717) is 12.1 Å². The third-order valence-corrected chi connectivity index (χ3v) is 6.88. The van der Waals surface area contributed by atoms with Gasteiger partial charge >= 0.3 is 0 Å². The Morgan fingerprint density at radius 2 is 1.10 bits per heavy atom. The molecule has 4 heteroatoms. The minimum Gasteiger partial charge on any atom is -0.251 e. The fourth-order valence-corrected chi connectivity index (χ4v) is 4.87. The summed E-state index contributed by atoms with van der Waals surface area (Å²) >= 11 is 6.62. The summed E-state index contributed by atoms with van der Waals surface area (Å²) < 4.78 is 4.59. The van der Waals surface area contributed by atoms with E-state index in [2.05, 4.69) is 84.1 Å². The van der Waals surface area contributed by atoms with Gasteiger partial charge in [-0.1, -0.05) is 71.9 Å². The molecule has 2 nitrogen and oxygen atoms in total. The molecule has 1 aliphatic rings. The molecule has 0 aromatic heterocycles. The first kappa shape index (κ1) is 14.0. The van der Waals surface area contributed by atoms with E-state index in [4.69, 9.17) is 11.2 Å². The number of rotatable bonds is 2. The Hall–Kier alpha value is -0.920. The van der Waals surface area contributed by atoms with E-state index in [1.807, 2.05) is 0 Å². The SMILES string of the molecule is CN1[C@@H](c2ccccc2)[C@H](c2ccccc2)N(C)P1Cl. The zero-order chi connectivity index (χ0) is 14.1. The number of benzene rings is 2.